The number of carbonyl (C=O) groups excluding carboxylic acids is 1. The molecule has 4 atom stereocenters. The maximum Gasteiger partial charge on any atom is 0.283 e. The van der Waals surface area contributed by atoms with Crippen LogP contribution in [-0.4, -0.2) is 47.6 Å². The molecule has 20 heavy (non-hydrogen) atoms. The van der Waals surface area contributed by atoms with Crippen molar-refractivity contribution in [1.82, 2.24) is 0 Å². The minimum atomic E-state index is -0.886. The van der Waals surface area contributed by atoms with Gasteiger partial charge >= 0.3 is 0 Å². The number of fused-ring (bicyclic) bond motifs is 2. The summed E-state index contributed by atoms with van der Waals surface area (Å²) in [6.07, 6.45) is 3.17. The molecule has 0 aromatic carbocycles. The molecule has 5 rings (SSSR count). The van der Waals surface area contributed by atoms with Gasteiger partial charge in [0, 0.05) is 6.42 Å². The molecule has 0 radical (unpaired) electrons. The van der Waals surface area contributed by atoms with Gasteiger partial charge in [0.2, 0.25) is 0 Å². The first kappa shape index (κ1) is 13.6. The monoisotopic (exact) mass is 346 g/mol. The molecule has 0 amide bonds. The smallest absolute Gasteiger partial charge is 0.283 e. The lowest BCUT2D eigenvalue weighted by molar-refractivity contribution is -0.387. The van der Waals surface area contributed by atoms with Crippen LogP contribution in [-0.2, 0) is 23.7 Å². The molecule has 112 valence electrons. The summed E-state index contributed by atoms with van der Waals surface area (Å²) >= 11 is 3.51. The van der Waals surface area contributed by atoms with Crippen LogP contribution in [0.5, 0.6) is 0 Å². The Labute approximate surface area is 126 Å². The van der Waals surface area contributed by atoms with E-state index < -0.39 is 17.2 Å². The summed E-state index contributed by atoms with van der Waals surface area (Å²) in [4.78, 5) is 12.3. The first-order chi connectivity index (χ1) is 9.49. The fraction of sp³-hybridized carbons (Fsp3) is 0.929. The first-order valence-corrected chi connectivity index (χ1v) is 8.20. The Hall–Kier alpha value is -0.0100. The molecule has 4 heterocycles. The van der Waals surface area contributed by atoms with E-state index in [1.165, 1.54) is 0 Å². The van der Waals surface area contributed by atoms with Gasteiger partial charge < -0.3 is 18.9 Å². The van der Waals surface area contributed by atoms with Crippen molar-refractivity contribution >= 4 is 21.7 Å². The van der Waals surface area contributed by atoms with E-state index in [9.17, 15) is 4.79 Å². The van der Waals surface area contributed by atoms with E-state index in [2.05, 4.69) is 15.9 Å². The molecule has 4 saturated heterocycles. The average molecular weight is 347 g/mol. The molecule has 1 saturated carbocycles. The number of halogens is 1. The predicted molar refractivity (Wildman–Crippen MR) is 72.5 cm³/mol. The number of hydrogen-bond donors (Lipinski definition) is 0. The Morgan fingerprint density at radius 1 is 1.15 bits per heavy atom. The Kier molecular flexibility index (Phi) is 2.90. The van der Waals surface area contributed by atoms with Gasteiger partial charge in [-0.05, 0) is 26.2 Å². The summed E-state index contributed by atoms with van der Waals surface area (Å²) in [6.45, 7) is 3.53. The molecule has 5 fully saturated rings. The molecule has 4 aliphatic heterocycles. The van der Waals surface area contributed by atoms with E-state index in [1.807, 2.05) is 6.92 Å². The van der Waals surface area contributed by atoms with Crippen LogP contribution in [0.3, 0.4) is 0 Å². The van der Waals surface area contributed by atoms with Crippen molar-refractivity contribution in [3.05, 3.63) is 0 Å². The van der Waals surface area contributed by atoms with Crippen LogP contribution in [0.15, 0.2) is 0 Å². The van der Waals surface area contributed by atoms with Gasteiger partial charge in [-0.2, -0.15) is 0 Å². The SMILES string of the molecule is CC12CCC(C(=O)C1Br)C1(CCC3(OCCO3)OC1)O2. The lowest BCUT2D eigenvalue weighted by atomic mass is 9.65. The van der Waals surface area contributed by atoms with Crippen LogP contribution in [0.2, 0.25) is 0 Å². The van der Waals surface area contributed by atoms with Gasteiger partial charge in [-0.15, -0.1) is 0 Å². The normalized spacial score (nSPS) is 50.2. The number of carbonyl (C=O) groups is 1. The minimum Gasteiger partial charge on any atom is -0.364 e. The quantitative estimate of drug-likeness (QED) is 0.625. The molecular formula is C14H19BrO5. The van der Waals surface area contributed by atoms with Crippen LogP contribution in [0.1, 0.15) is 32.6 Å². The van der Waals surface area contributed by atoms with E-state index in [-0.39, 0.29) is 16.5 Å². The maximum atomic E-state index is 12.5. The van der Waals surface area contributed by atoms with E-state index in [0.717, 1.165) is 19.3 Å². The van der Waals surface area contributed by atoms with Gasteiger partial charge in [-0.1, -0.05) is 15.9 Å². The fourth-order valence-electron chi connectivity index (χ4n) is 4.10. The number of hydrogen-bond acceptors (Lipinski definition) is 5. The molecule has 0 N–H and O–H groups in total. The zero-order valence-electron chi connectivity index (χ0n) is 11.5. The van der Waals surface area contributed by atoms with Gasteiger partial charge in [-0.3, -0.25) is 4.79 Å². The standard InChI is InChI=1S/C14H19BrO5/c1-12-3-2-9(10(16)11(12)15)13(20-12)4-5-14(19-8-13)17-6-7-18-14/h9,11H,2-8H2,1H3. The van der Waals surface area contributed by atoms with Crippen molar-refractivity contribution in [3.63, 3.8) is 0 Å². The van der Waals surface area contributed by atoms with Crippen LogP contribution < -0.4 is 0 Å². The zero-order valence-corrected chi connectivity index (χ0v) is 13.1. The third-order valence-electron chi connectivity index (χ3n) is 5.25. The highest BCUT2D eigenvalue weighted by Crippen LogP contribution is 2.54. The van der Waals surface area contributed by atoms with Crippen molar-refractivity contribution in [2.24, 2.45) is 5.92 Å². The van der Waals surface area contributed by atoms with Crippen LogP contribution in [0.4, 0.5) is 0 Å². The second-order valence-corrected chi connectivity index (χ2v) is 7.42. The Balaban J connectivity index is 1.59. The molecule has 0 aromatic heterocycles. The number of ketones is 1. The molecular weight excluding hydrogens is 328 g/mol. The Bertz CT molecular complexity index is 437. The maximum absolute atomic E-state index is 12.5. The first-order valence-electron chi connectivity index (χ1n) is 7.29. The number of rotatable bonds is 0. The summed E-state index contributed by atoms with van der Waals surface area (Å²) in [5.74, 6) is -0.700. The highest BCUT2D eigenvalue weighted by Gasteiger charge is 2.64. The van der Waals surface area contributed by atoms with Crippen LogP contribution in [0.25, 0.3) is 0 Å². The highest BCUT2D eigenvalue weighted by molar-refractivity contribution is 9.10. The molecule has 1 aliphatic carbocycles. The molecule has 4 unspecified atom stereocenters. The molecule has 5 aliphatic rings. The summed E-state index contributed by atoms with van der Waals surface area (Å²) in [5, 5.41) is 0. The van der Waals surface area contributed by atoms with Gasteiger partial charge in [0.1, 0.15) is 10.4 Å². The molecule has 2 bridgehead atoms. The van der Waals surface area contributed by atoms with E-state index >= 15 is 0 Å². The third kappa shape index (κ3) is 1.72. The summed E-state index contributed by atoms with van der Waals surface area (Å²) in [7, 11) is 0. The molecule has 2 spiro atoms. The summed E-state index contributed by atoms with van der Waals surface area (Å²) in [5.41, 5.74) is -0.911. The zero-order chi connectivity index (χ0) is 14.0. The van der Waals surface area contributed by atoms with Crippen molar-refractivity contribution in [1.29, 1.82) is 0 Å². The van der Waals surface area contributed by atoms with Crippen LogP contribution in [0, 0.1) is 5.92 Å². The summed E-state index contributed by atoms with van der Waals surface area (Å²) < 4.78 is 23.4. The number of ether oxygens (including phenoxy) is 4. The average Bonchev–Trinajstić information content (AvgIpc) is 2.89. The van der Waals surface area contributed by atoms with Crippen molar-refractivity contribution in [3.8, 4) is 0 Å². The summed E-state index contributed by atoms with van der Waals surface area (Å²) in [6, 6.07) is 0. The molecule has 0 aromatic rings. The van der Waals surface area contributed by atoms with Crippen LogP contribution >= 0.6 is 15.9 Å². The predicted octanol–water partition coefficient (Wildman–Crippen LogP) is 1.77. The molecule has 6 heteroatoms. The largest absolute Gasteiger partial charge is 0.364 e. The van der Waals surface area contributed by atoms with Gasteiger partial charge in [0.15, 0.2) is 5.78 Å². The van der Waals surface area contributed by atoms with Gasteiger partial charge in [-0.25, -0.2) is 0 Å². The van der Waals surface area contributed by atoms with Gasteiger partial charge in [0.05, 0.1) is 31.3 Å². The van der Waals surface area contributed by atoms with E-state index in [4.69, 9.17) is 18.9 Å². The highest BCUT2D eigenvalue weighted by atomic mass is 79.9. The van der Waals surface area contributed by atoms with E-state index in [0.29, 0.717) is 26.2 Å². The van der Waals surface area contributed by atoms with Gasteiger partial charge in [0.25, 0.3) is 5.97 Å². The second kappa shape index (κ2) is 4.26. The van der Waals surface area contributed by atoms with Crippen molar-refractivity contribution in [2.75, 3.05) is 19.8 Å². The minimum absolute atomic E-state index is 0.0764. The second-order valence-electron chi connectivity index (χ2n) is 6.50. The van der Waals surface area contributed by atoms with Crippen molar-refractivity contribution < 1.29 is 23.7 Å². The lowest BCUT2D eigenvalue weighted by Crippen LogP contribution is -2.70. The van der Waals surface area contributed by atoms with E-state index in [1.54, 1.807) is 0 Å². The Morgan fingerprint density at radius 3 is 2.50 bits per heavy atom. The number of alkyl halides is 1. The molecule has 5 nitrogen and oxygen atoms in total. The third-order valence-corrected chi connectivity index (χ3v) is 6.67. The lowest BCUT2D eigenvalue weighted by Gasteiger charge is -2.59. The van der Waals surface area contributed by atoms with Crippen molar-refractivity contribution in [2.45, 2.75) is 54.6 Å². The fourth-order valence-corrected chi connectivity index (χ4v) is 4.74. The topological polar surface area (TPSA) is 54.0 Å². The Morgan fingerprint density at radius 2 is 1.90 bits per heavy atom. The number of Topliss-reactive ketones (excluding diaryl/α,β-unsaturated/α-hetero) is 1.